The van der Waals surface area contributed by atoms with E-state index < -0.39 is 16.1 Å². The molecule has 1 aromatic rings. The van der Waals surface area contributed by atoms with Crippen LogP contribution in [0, 0.1) is 0 Å². The zero-order chi connectivity index (χ0) is 13.3. The van der Waals surface area contributed by atoms with Crippen molar-refractivity contribution in [1.29, 1.82) is 0 Å². The van der Waals surface area contributed by atoms with Gasteiger partial charge in [0.05, 0.1) is 17.6 Å². The van der Waals surface area contributed by atoms with Gasteiger partial charge in [-0.2, -0.15) is 4.31 Å². The molecule has 1 N–H and O–H groups in total. The summed E-state index contributed by atoms with van der Waals surface area (Å²) >= 11 is 0. The molecule has 1 aliphatic heterocycles. The van der Waals surface area contributed by atoms with Crippen molar-refractivity contribution in [2.45, 2.75) is 24.3 Å². The van der Waals surface area contributed by atoms with Gasteiger partial charge in [0.1, 0.15) is 5.75 Å². The highest BCUT2D eigenvalue weighted by atomic mass is 32.2. The van der Waals surface area contributed by atoms with Crippen molar-refractivity contribution in [3.05, 3.63) is 23.8 Å². The van der Waals surface area contributed by atoms with E-state index in [9.17, 15) is 13.5 Å². The van der Waals surface area contributed by atoms with Crippen LogP contribution in [0.4, 0.5) is 0 Å². The Bertz CT molecular complexity index is 539. The molecule has 5 nitrogen and oxygen atoms in total. The largest absolute Gasteiger partial charge is 0.493 e. The number of benzene rings is 1. The first-order chi connectivity index (χ1) is 8.41. The van der Waals surface area contributed by atoms with E-state index in [0.29, 0.717) is 6.61 Å². The van der Waals surface area contributed by atoms with E-state index in [1.54, 1.807) is 19.1 Å². The van der Waals surface area contributed by atoms with E-state index in [0.717, 1.165) is 22.0 Å². The second-order valence-corrected chi connectivity index (χ2v) is 6.55. The Morgan fingerprint density at radius 3 is 2.89 bits per heavy atom. The summed E-state index contributed by atoms with van der Waals surface area (Å²) in [6.45, 7) is 2.24. The molecule has 2 rings (SSSR count). The molecule has 18 heavy (non-hydrogen) atoms. The maximum absolute atomic E-state index is 12.2. The molecule has 100 valence electrons. The molecule has 1 aromatic carbocycles. The normalized spacial score (nSPS) is 16.4. The molecule has 0 amide bonds. The van der Waals surface area contributed by atoms with Crippen LogP contribution in [-0.2, 0) is 16.4 Å². The SMILES string of the molecule is CC(O)CN(C)S(=O)(=O)c1ccc2c(c1)CCO2. The van der Waals surface area contributed by atoms with Gasteiger partial charge in [0, 0.05) is 20.0 Å². The van der Waals surface area contributed by atoms with E-state index >= 15 is 0 Å². The fourth-order valence-corrected chi connectivity index (χ4v) is 3.28. The Kier molecular flexibility index (Phi) is 3.61. The van der Waals surface area contributed by atoms with Crippen LogP contribution in [0.15, 0.2) is 23.1 Å². The van der Waals surface area contributed by atoms with Crippen LogP contribution in [0.25, 0.3) is 0 Å². The fraction of sp³-hybridized carbons (Fsp3) is 0.500. The summed E-state index contributed by atoms with van der Waals surface area (Å²) in [4.78, 5) is 0.245. The number of sulfonamides is 1. The van der Waals surface area contributed by atoms with Crippen LogP contribution in [0.5, 0.6) is 5.75 Å². The molecular weight excluding hydrogens is 254 g/mol. The van der Waals surface area contributed by atoms with Gasteiger partial charge in [0.2, 0.25) is 10.0 Å². The number of hydrogen-bond donors (Lipinski definition) is 1. The van der Waals surface area contributed by atoms with Gasteiger partial charge < -0.3 is 9.84 Å². The van der Waals surface area contributed by atoms with Gasteiger partial charge in [-0.15, -0.1) is 0 Å². The summed E-state index contributed by atoms with van der Waals surface area (Å²) in [6.07, 6.45) is 0.0428. The molecule has 6 heteroatoms. The number of nitrogens with zero attached hydrogens (tertiary/aromatic N) is 1. The Morgan fingerprint density at radius 1 is 1.50 bits per heavy atom. The molecule has 0 fully saturated rings. The maximum Gasteiger partial charge on any atom is 0.242 e. The van der Waals surface area contributed by atoms with Gasteiger partial charge in [0.15, 0.2) is 0 Å². The quantitative estimate of drug-likeness (QED) is 0.872. The van der Waals surface area contributed by atoms with Crippen LogP contribution in [0.1, 0.15) is 12.5 Å². The summed E-state index contributed by atoms with van der Waals surface area (Å²) < 4.78 is 31.0. The predicted molar refractivity (Wildman–Crippen MR) is 67.1 cm³/mol. The highest BCUT2D eigenvalue weighted by Gasteiger charge is 2.24. The maximum atomic E-state index is 12.2. The highest BCUT2D eigenvalue weighted by Crippen LogP contribution is 2.28. The lowest BCUT2D eigenvalue weighted by Gasteiger charge is -2.18. The number of rotatable bonds is 4. The van der Waals surface area contributed by atoms with Crippen LogP contribution in [-0.4, -0.2) is 44.1 Å². The summed E-state index contributed by atoms with van der Waals surface area (Å²) in [5.74, 6) is 0.757. The first-order valence-corrected chi connectivity index (χ1v) is 7.25. The number of aliphatic hydroxyl groups excluding tert-OH is 1. The second kappa shape index (κ2) is 4.87. The molecule has 1 heterocycles. The standard InChI is InChI=1S/C12H17NO4S/c1-9(14)8-13(2)18(15,16)11-3-4-12-10(7-11)5-6-17-12/h3-4,7,9,14H,5-6,8H2,1-2H3. The van der Waals surface area contributed by atoms with Gasteiger partial charge >= 0.3 is 0 Å². The van der Waals surface area contributed by atoms with Crippen molar-refractivity contribution in [1.82, 2.24) is 4.31 Å². The van der Waals surface area contributed by atoms with Crippen molar-refractivity contribution in [2.24, 2.45) is 0 Å². The first-order valence-electron chi connectivity index (χ1n) is 5.81. The number of likely N-dealkylation sites (N-methyl/N-ethyl adjacent to an activating group) is 1. The van der Waals surface area contributed by atoms with Gasteiger partial charge in [-0.25, -0.2) is 8.42 Å². The smallest absolute Gasteiger partial charge is 0.242 e. The van der Waals surface area contributed by atoms with E-state index in [-0.39, 0.29) is 11.4 Å². The number of ether oxygens (including phenoxy) is 1. The minimum Gasteiger partial charge on any atom is -0.493 e. The van der Waals surface area contributed by atoms with E-state index in [4.69, 9.17) is 4.74 Å². The predicted octanol–water partition coefficient (Wildman–Crippen LogP) is 0.623. The number of aliphatic hydroxyl groups is 1. The first kappa shape index (κ1) is 13.3. The molecule has 1 atom stereocenters. The fourth-order valence-electron chi connectivity index (χ4n) is 1.97. The summed E-state index contributed by atoms with van der Waals surface area (Å²) in [6, 6.07) is 4.87. The third-order valence-electron chi connectivity index (χ3n) is 2.89. The third kappa shape index (κ3) is 2.50. The lowest BCUT2D eigenvalue weighted by Crippen LogP contribution is -2.33. The van der Waals surface area contributed by atoms with Gasteiger partial charge in [0.25, 0.3) is 0 Å². The van der Waals surface area contributed by atoms with Crippen LogP contribution < -0.4 is 4.74 Å². The summed E-state index contributed by atoms with van der Waals surface area (Å²) in [5.41, 5.74) is 0.918. The monoisotopic (exact) mass is 271 g/mol. The average Bonchev–Trinajstić information content (AvgIpc) is 2.74. The van der Waals surface area contributed by atoms with Crippen molar-refractivity contribution < 1.29 is 18.3 Å². The van der Waals surface area contributed by atoms with Crippen LogP contribution in [0.3, 0.4) is 0 Å². The van der Waals surface area contributed by atoms with E-state index in [2.05, 4.69) is 0 Å². The molecule has 0 saturated carbocycles. The minimum atomic E-state index is -3.54. The molecule has 0 aliphatic carbocycles. The van der Waals surface area contributed by atoms with Crippen LogP contribution in [0.2, 0.25) is 0 Å². The molecule has 0 spiro atoms. The molecule has 1 unspecified atom stereocenters. The molecular formula is C12H17NO4S. The van der Waals surface area contributed by atoms with Gasteiger partial charge in [-0.3, -0.25) is 0 Å². The van der Waals surface area contributed by atoms with E-state index in [1.807, 2.05) is 0 Å². The van der Waals surface area contributed by atoms with Crippen LogP contribution >= 0.6 is 0 Å². The lowest BCUT2D eigenvalue weighted by atomic mass is 10.2. The second-order valence-electron chi connectivity index (χ2n) is 4.50. The molecule has 0 radical (unpaired) electrons. The highest BCUT2D eigenvalue weighted by molar-refractivity contribution is 7.89. The Hall–Kier alpha value is -1.11. The van der Waals surface area contributed by atoms with Crippen molar-refractivity contribution >= 4 is 10.0 Å². The summed E-state index contributed by atoms with van der Waals surface area (Å²) in [7, 11) is -2.07. The Balaban J connectivity index is 2.30. The van der Waals surface area contributed by atoms with Crippen molar-refractivity contribution in [3.8, 4) is 5.75 Å². The number of hydrogen-bond acceptors (Lipinski definition) is 4. The minimum absolute atomic E-state index is 0.0793. The molecule has 0 aromatic heterocycles. The Labute approximate surface area is 107 Å². The van der Waals surface area contributed by atoms with Gasteiger partial charge in [-0.05, 0) is 30.7 Å². The lowest BCUT2D eigenvalue weighted by molar-refractivity contribution is 0.171. The Morgan fingerprint density at radius 2 is 2.22 bits per heavy atom. The van der Waals surface area contributed by atoms with E-state index in [1.165, 1.54) is 13.1 Å². The van der Waals surface area contributed by atoms with Crippen molar-refractivity contribution in [3.63, 3.8) is 0 Å². The van der Waals surface area contributed by atoms with Gasteiger partial charge in [-0.1, -0.05) is 0 Å². The summed E-state index contributed by atoms with van der Waals surface area (Å²) in [5, 5.41) is 9.26. The zero-order valence-corrected chi connectivity index (χ0v) is 11.3. The topological polar surface area (TPSA) is 66.8 Å². The molecule has 1 aliphatic rings. The average molecular weight is 271 g/mol. The molecule has 0 bridgehead atoms. The van der Waals surface area contributed by atoms with Crippen molar-refractivity contribution in [2.75, 3.05) is 20.2 Å². The zero-order valence-electron chi connectivity index (χ0n) is 10.5. The number of fused-ring (bicyclic) bond motifs is 1. The molecule has 0 saturated heterocycles. The third-order valence-corrected chi connectivity index (χ3v) is 4.71.